The van der Waals surface area contributed by atoms with Crippen molar-refractivity contribution >= 4 is 17.9 Å². The van der Waals surface area contributed by atoms with Crippen molar-refractivity contribution in [3.8, 4) is 17.4 Å². The average Bonchev–Trinajstić information content (AvgIpc) is 3.76. The largest absolute Gasteiger partial charge is 0.481 e. The second-order valence-corrected chi connectivity index (χ2v) is 9.97. The maximum atomic E-state index is 5.75. The van der Waals surface area contributed by atoms with Crippen LogP contribution in [0.25, 0.3) is 11.5 Å². The van der Waals surface area contributed by atoms with Gasteiger partial charge in [0.25, 0.3) is 0 Å². The van der Waals surface area contributed by atoms with Crippen LogP contribution in [0, 0.1) is 12.8 Å². The van der Waals surface area contributed by atoms with Gasteiger partial charge in [0, 0.05) is 19.4 Å². The number of aromatic nitrogens is 6. The maximum absolute atomic E-state index is 5.75. The van der Waals surface area contributed by atoms with Crippen LogP contribution in [-0.4, -0.2) is 49.2 Å². The molecule has 2 aliphatic carbocycles. The fourth-order valence-corrected chi connectivity index (χ4v) is 5.26. The normalized spacial score (nSPS) is 18.5. The number of nitrogens with zero attached hydrogens (tertiary/aromatic N) is 6. The number of aryl methyl sites for hydroxylation is 1. The van der Waals surface area contributed by atoms with Crippen molar-refractivity contribution in [3.63, 3.8) is 0 Å². The second-order valence-electron chi connectivity index (χ2n) is 8.79. The van der Waals surface area contributed by atoms with Crippen LogP contribution in [-0.2, 0) is 10.3 Å². The van der Waals surface area contributed by atoms with Crippen molar-refractivity contribution in [1.82, 2.24) is 29.7 Å². The van der Waals surface area contributed by atoms with Gasteiger partial charge in [-0.1, -0.05) is 6.07 Å². The second kappa shape index (κ2) is 8.90. The summed E-state index contributed by atoms with van der Waals surface area (Å²) < 4.78 is 16.8. The quantitative estimate of drug-likeness (QED) is 0.440. The molecule has 0 aromatic carbocycles. The van der Waals surface area contributed by atoms with E-state index in [1.165, 1.54) is 12.8 Å². The highest BCUT2D eigenvalue weighted by Crippen LogP contribution is 2.61. The predicted molar refractivity (Wildman–Crippen MR) is 127 cm³/mol. The Labute approximate surface area is 197 Å². The molecular weight excluding hydrogens is 438 g/mol. The summed E-state index contributed by atoms with van der Waals surface area (Å²) in [5, 5.41) is 9.15. The molecule has 0 radical (unpaired) electrons. The van der Waals surface area contributed by atoms with Crippen molar-refractivity contribution in [2.24, 2.45) is 5.92 Å². The summed E-state index contributed by atoms with van der Waals surface area (Å²) in [6, 6.07) is 5.74. The van der Waals surface area contributed by atoms with Crippen molar-refractivity contribution in [3.05, 3.63) is 42.0 Å². The van der Waals surface area contributed by atoms with Crippen LogP contribution in [0.15, 0.2) is 30.6 Å². The van der Waals surface area contributed by atoms with Crippen molar-refractivity contribution in [2.75, 3.05) is 18.9 Å². The van der Waals surface area contributed by atoms with E-state index in [4.69, 9.17) is 9.47 Å². The summed E-state index contributed by atoms with van der Waals surface area (Å²) in [5.74, 6) is 2.77. The van der Waals surface area contributed by atoms with Gasteiger partial charge in [-0.25, -0.2) is 4.98 Å². The van der Waals surface area contributed by atoms with Gasteiger partial charge < -0.3 is 9.47 Å². The van der Waals surface area contributed by atoms with Crippen LogP contribution in [0.1, 0.15) is 50.1 Å². The Morgan fingerprint density at radius 1 is 1.15 bits per heavy atom. The van der Waals surface area contributed by atoms with E-state index in [1.54, 1.807) is 38.6 Å². The first-order valence-corrected chi connectivity index (χ1v) is 12.1. The Hall–Kier alpha value is -2.72. The Balaban J connectivity index is 1.41. The zero-order valence-corrected chi connectivity index (χ0v) is 20.2. The van der Waals surface area contributed by atoms with Gasteiger partial charge in [-0.05, 0) is 63.5 Å². The molecule has 3 heterocycles. The smallest absolute Gasteiger partial charge is 0.235 e. The van der Waals surface area contributed by atoms with Crippen LogP contribution < -0.4 is 9.46 Å². The van der Waals surface area contributed by atoms with E-state index in [0.29, 0.717) is 11.8 Å². The van der Waals surface area contributed by atoms with Gasteiger partial charge in [0.2, 0.25) is 11.8 Å². The van der Waals surface area contributed by atoms with E-state index in [1.807, 2.05) is 25.1 Å². The number of pyridine rings is 1. The van der Waals surface area contributed by atoms with E-state index in [9.17, 15) is 0 Å². The first-order chi connectivity index (χ1) is 16.1. The molecule has 0 amide bonds. The standard InChI is InChI=1S/C23H29N7O2S/c1-14-12-25-18(13-24-14)20(32-4)15(2)33-29-22-28-27-21(17-6-5-7-19(26-17)31-3)30(22)23(10-11-23)16-8-9-16/h5-7,12-13,15-16,20H,8-11H2,1-4H3,(H,28,29)/t15?,20-/m0/s1. The number of methoxy groups -OCH3 is 2. The first-order valence-electron chi connectivity index (χ1n) is 11.3. The van der Waals surface area contributed by atoms with E-state index < -0.39 is 0 Å². The molecule has 3 aromatic rings. The Bertz CT molecular complexity index is 1110. The lowest BCUT2D eigenvalue weighted by Crippen LogP contribution is -2.23. The molecular formula is C23H29N7O2S. The van der Waals surface area contributed by atoms with Crippen molar-refractivity contribution in [2.45, 2.75) is 56.4 Å². The zero-order valence-electron chi connectivity index (χ0n) is 19.4. The molecule has 2 fully saturated rings. The minimum absolute atomic E-state index is 0.0617. The van der Waals surface area contributed by atoms with E-state index >= 15 is 0 Å². The zero-order chi connectivity index (χ0) is 23.0. The number of anilines is 1. The molecule has 10 heteroatoms. The summed E-state index contributed by atoms with van der Waals surface area (Å²) in [6.45, 7) is 4.03. The lowest BCUT2D eigenvalue weighted by Gasteiger charge is -2.24. The number of nitrogens with one attached hydrogen (secondary N) is 1. The van der Waals surface area contributed by atoms with Gasteiger partial charge in [0.1, 0.15) is 11.8 Å². The molecule has 9 nitrogen and oxygen atoms in total. The highest BCUT2D eigenvalue weighted by atomic mass is 32.2. The topological polar surface area (TPSA) is 99.9 Å². The summed E-state index contributed by atoms with van der Waals surface area (Å²) in [6.07, 6.45) is 8.13. The van der Waals surface area contributed by atoms with Crippen LogP contribution in [0.5, 0.6) is 5.88 Å². The Kier molecular flexibility index (Phi) is 5.96. The monoisotopic (exact) mass is 467 g/mol. The highest BCUT2D eigenvalue weighted by Gasteiger charge is 2.57. The van der Waals surface area contributed by atoms with Gasteiger partial charge in [-0.15, -0.1) is 10.2 Å². The third-order valence-electron chi connectivity index (χ3n) is 6.48. The molecule has 2 aliphatic rings. The molecule has 33 heavy (non-hydrogen) atoms. The summed E-state index contributed by atoms with van der Waals surface area (Å²) >= 11 is 1.56. The molecule has 1 N–H and O–H groups in total. The number of ether oxygens (including phenoxy) is 2. The molecule has 2 atom stereocenters. The average molecular weight is 468 g/mol. The first kappa shape index (κ1) is 22.1. The number of hydrogen-bond acceptors (Lipinski definition) is 9. The van der Waals surface area contributed by atoms with Crippen LogP contribution >= 0.6 is 11.9 Å². The number of rotatable bonds is 10. The van der Waals surface area contributed by atoms with Crippen LogP contribution in [0.4, 0.5) is 5.95 Å². The Morgan fingerprint density at radius 3 is 2.61 bits per heavy atom. The van der Waals surface area contributed by atoms with Crippen LogP contribution in [0.3, 0.4) is 0 Å². The van der Waals surface area contributed by atoms with Gasteiger partial charge >= 0.3 is 0 Å². The van der Waals surface area contributed by atoms with Crippen LogP contribution in [0.2, 0.25) is 0 Å². The lowest BCUT2D eigenvalue weighted by atomic mass is 10.1. The molecule has 1 unspecified atom stereocenters. The van der Waals surface area contributed by atoms with Gasteiger partial charge in [-0.3, -0.25) is 19.3 Å². The van der Waals surface area contributed by atoms with Gasteiger partial charge in [-0.2, -0.15) is 0 Å². The Morgan fingerprint density at radius 2 is 1.97 bits per heavy atom. The van der Waals surface area contributed by atoms with E-state index in [2.05, 4.69) is 41.4 Å². The molecule has 0 saturated heterocycles. The SMILES string of the molecule is COc1cccc(-c2nnc(NSC(C)[C@H](OC)c3cnc(C)cn3)n2C2(C3CC3)CC2)n1. The highest BCUT2D eigenvalue weighted by molar-refractivity contribution is 8.01. The molecule has 0 spiro atoms. The fraction of sp³-hybridized carbons (Fsp3) is 0.522. The van der Waals surface area contributed by atoms with Gasteiger partial charge in [0.05, 0.1) is 35.5 Å². The molecule has 0 bridgehead atoms. The third-order valence-corrected chi connectivity index (χ3v) is 7.40. The fourth-order valence-electron chi connectivity index (χ4n) is 4.46. The summed E-state index contributed by atoms with van der Waals surface area (Å²) in [5.41, 5.74) is 2.54. The summed E-state index contributed by atoms with van der Waals surface area (Å²) in [4.78, 5) is 13.5. The van der Waals surface area contributed by atoms with Crippen molar-refractivity contribution < 1.29 is 9.47 Å². The van der Waals surface area contributed by atoms with Crippen molar-refractivity contribution in [1.29, 1.82) is 0 Å². The summed E-state index contributed by atoms with van der Waals surface area (Å²) in [7, 11) is 3.32. The van der Waals surface area contributed by atoms with Gasteiger partial charge in [0.15, 0.2) is 5.82 Å². The maximum Gasteiger partial charge on any atom is 0.235 e. The van der Waals surface area contributed by atoms with E-state index in [0.717, 1.165) is 41.7 Å². The predicted octanol–water partition coefficient (Wildman–Crippen LogP) is 4.18. The lowest BCUT2D eigenvalue weighted by molar-refractivity contribution is 0.101. The minimum atomic E-state index is -0.204. The van der Waals surface area contributed by atoms with E-state index in [-0.39, 0.29) is 16.9 Å². The molecule has 174 valence electrons. The number of hydrogen-bond donors (Lipinski definition) is 1. The molecule has 2 saturated carbocycles. The molecule has 0 aliphatic heterocycles. The third kappa shape index (κ3) is 4.29. The molecule has 5 rings (SSSR count). The molecule has 3 aromatic heterocycles. The minimum Gasteiger partial charge on any atom is -0.481 e.